The Hall–Kier alpha value is -0.980. The van der Waals surface area contributed by atoms with Gasteiger partial charge in [0.25, 0.3) is 0 Å². The van der Waals surface area contributed by atoms with Crippen LogP contribution in [0.2, 0.25) is 0 Å². The summed E-state index contributed by atoms with van der Waals surface area (Å²) in [6.07, 6.45) is 5.03. The molecule has 0 radical (unpaired) electrons. The van der Waals surface area contributed by atoms with Crippen LogP contribution in [-0.4, -0.2) is 31.5 Å². The molecular weight excluding hydrogens is 238 g/mol. The molecule has 0 fully saturated rings. The van der Waals surface area contributed by atoms with Crippen LogP contribution in [-0.2, 0) is 16.3 Å². The van der Waals surface area contributed by atoms with E-state index in [2.05, 4.69) is 10.4 Å². The minimum atomic E-state index is -2.89. The molecule has 5 nitrogen and oxygen atoms in total. The molecule has 1 atom stereocenters. The van der Waals surface area contributed by atoms with Crippen LogP contribution < -0.4 is 11.3 Å². The van der Waals surface area contributed by atoms with Crippen molar-refractivity contribution in [1.82, 2.24) is 10.4 Å². The van der Waals surface area contributed by atoms with E-state index < -0.39 is 9.84 Å². The fourth-order valence-electron chi connectivity index (χ4n) is 1.61. The minimum absolute atomic E-state index is 0.0617. The summed E-state index contributed by atoms with van der Waals surface area (Å²) >= 11 is 0. The first-order valence-corrected chi connectivity index (χ1v) is 7.61. The van der Waals surface area contributed by atoms with E-state index in [0.717, 1.165) is 12.1 Å². The molecule has 0 spiro atoms. The Labute approximate surface area is 102 Å². The molecule has 0 saturated heterocycles. The molecule has 6 heteroatoms. The largest absolute Gasteiger partial charge is 0.271 e. The molecule has 0 saturated carbocycles. The molecule has 96 valence electrons. The number of nitrogens with zero attached hydrogens (tertiary/aromatic N) is 1. The summed E-state index contributed by atoms with van der Waals surface area (Å²) in [5, 5.41) is 0. The van der Waals surface area contributed by atoms with Crippen molar-refractivity contribution in [1.29, 1.82) is 0 Å². The number of hydrazine groups is 1. The molecule has 1 unspecified atom stereocenters. The first-order valence-electron chi connectivity index (χ1n) is 5.55. The number of rotatable bonds is 7. The molecule has 1 aromatic heterocycles. The maximum atomic E-state index is 11.0. The van der Waals surface area contributed by atoms with Gasteiger partial charge in [-0.25, -0.2) is 8.42 Å². The van der Waals surface area contributed by atoms with Crippen molar-refractivity contribution in [3.63, 3.8) is 0 Å². The molecule has 0 amide bonds. The van der Waals surface area contributed by atoms with Crippen LogP contribution in [0.4, 0.5) is 0 Å². The van der Waals surface area contributed by atoms with E-state index in [4.69, 9.17) is 5.84 Å². The quantitative estimate of drug-likeness (QED) is 0.541. The van der Waals surface area contributed by atoms with Gasteiger partial charge in [0.05, 0.1) is 0 Å². The van der Waals surface area contributed by atoms with E-state index in [0.29, 0.717) is 12.8 Å². The summed E-state index contributed by atoms with van der Waals surface area (Å²) in [4.78, 5) is 4.21. The van der Waals surface area contributed by atoms with E-state index >= 15 is 0 Å². The Bertz CT molecular complexity index is 420. The summed E-state index contributed by atoms with van der Waals surface area (Å²) in [5.41, 5.74) is 3.66. The zero-order valence-corrected chi connectivity index (χ0v) is 10.8. The van der Waals surface area contributed by atoms with Crippen molar-refractivity contribution in [3.8, 4) is 0 Å². The second kappa shape index (κ2) is 6.68. The second-order valence-corrected chi connectivity index (χ2v) is 6.42. The minimum Gasteiger partial charge on any atom is -0.271 e. The van der Waals surface area contributed by atoms with Crippen molar-refractivity contribution in [2.24, 2.45) is 5.84 Å². The highest BCUT2D eigenvalue weighted by Crippen LogP contribution is 2.05. The van der Waals surface area contributed by atoms with E-state index in [1.54, 1.807) is 6.20 Å². The number of nitrogens with one attached hydrogen (secondary N) is 1. The number of nitrogens with two attached hydrogens (primary N) is 1. The van der Waals surface area contributed by atoms with E-state index in [-0.39, 0.29) is 11.8 Å². The predicted molar refractivity (Wildman–Crippen MR) is 68.0 cm³/mol. The van der Waals surface area contributed by atoms with Gasteiger partial charge in [-0.15, -0.1) is 0 Å². The molecule has 1 aromatic rings. The van der Waals surface area contributed by atoms with Crippen LogP contribution >= 0.6 is 0 Å². The van der Waals surface area contributed by atoms with E-state index in [1.165, 1.54) is 6.26 Å². The molecule has 1 rings (SSSR count). The van der Waals surface area contributed by atoms with Crippen LogP contribution in [0.15, 0.2) is 24.4 Å². The normalized spacial score (nSPS) is 13.5. The van der Waals surface area contributed by atoms with Gasteiger partial charge in [0.2, 0.25) is 0 Å². The zero-order chi connectivity index (χ0) is 12.7. The van der Waals surface area contributed by atoms with Crippen LogP contribution in [0.5, 0.6) is 0 Å². The van der Waals surface area contributed by atoms with Gasteiger partial charge in [0, 0.05) is 36.4 Å². The number of hydrogen-bond donors (Lipinski definition) is 2. The molecule has 0 bridgehead atoms. The summed E-state index contributed by atoms with van der Waals surface area (Å²) in [6.45, 7) is 0. The van der Waals surface area contributed by atoms with Crippen LogP contribution in [0, 0.1) is 0 Å². The summed E-state index contributed by atoms with van der Waals surface area (Å²) < 4.78 is 22.0. The second-order valence-electron chi connectivity index (χ2n) is 4.16. The van der Waals surface area contributed by atoms with Crippen LogP contribution in [0.1, 0.15) is 18.5 Å². The molecule has 0 aliphatic heterocycles. The maximum absolute atomic E-state index is 11.0. The first kappa shape index (κ1) is 14.1. The average Bonchev–Trinajstić information content (AvgIpc) is 2.27. The average molecular weight is 257 g/mol. The summed E-state index contributed by atoms with van der Waals surface area (Å²) in [7, 11) is -2.89. The fraction of sp³-hybridized carbons (Fsp3) is 0.545. The van der Waals surface area contributed by atoms with E-state index in [9.17, 15) is 8.42 Å². The molecule has 17 heavy (non-hydrogen) atoms. The lowest BCUT2D eigenvalue weighted by molar-refractivity contribution is 0.481. The lowest BCUT2D eigenvalue weighted by atomic mass is 10.1. The standard InChI is InChI=1S/C11H19N3O2S/c1-17(15,16)8-4-6-11(14-12)9-10-5-2-3-7-13-10/h2-3,5,7,11,14H,4,6,8-9,12H2,1H3. The number of hydrogen-bond acceptors (Lipinski definition) is 5. The van der Waals surface area contributed by atoms with Gasteiger partial charge < -0.3 is 0 Å². The van der Waals surface area contributed by atoms with Gasteiger partial charge in [-0.3, -0.25) is 16.3 Å². The fourth-order valence-corrected chi connectivity index (χ4v) is 2.30. The summed E-state index contributed by atoms with van der Waals surface area (Å²) in [5.74, 6) is 5.64. The Morgan fingerprint density at radius 3 is 2.76 bits per heavy atom. The van der Waals surface area contributed by atoms with Crippen molar-refractivity contribution in [3.05, 3.63) is 30.1 Å². The third kappa shape index (κ3) is 6.35. The van der Waals surface area contributed by atoms with Crippen molar-refractivity contribution < 1.29 is 8.42 Å². The smallest absolute Gasteiger partial charge is 0.147 e. The topological polar surface area (TPSA) is 85.1 Å². The third-order valence-electron chi connectivity index (χ3n) is 2.49. The highest BCUT2D eigenvalue weighted by Gasteiger charge is 2.10. The maximum Gasteiger partial charge on any atom is 0.147 e. The van der Waals surface area contributed by atoms with Crippen LogP contribution in [0.25, 0.3) is 0 Å². The van der Waals surface area contributed by atoms with Gasteiger partial charge in [0.1, 0.15) is 9.84 Å². The Morgan fingerprint density at radius 1 is 1.47 bits per heavy atom. The van der Waals surface area contributed by atoms with Gasteiger partial charge >= 0.3 is 0 Å². The molecule has 1 heterocycles. The molecule has 0 aliphatic carbocycles. The SMILES string of the molecule is CS(=O)(=O)CCCC(Cc1ccccn1)NN. The first-order chi connectivity index (χ1) is 8.01. The lowest BCUT2D eigenvalue weighted by Crippen LogP contribution is -2.37. The summed E-state index contributed by atoms with van der Waals surface area (Å²) in [6, 6.07) is 5.78. The van der Waals surface area contributed by atoms with Crippen molar-refractivity contribution in [2.45, 2.75) is 25.3 Å². The van der Waals surface area contributed by atoms with E-state index in [1.807, 2.05) is 18.2 Å². The van der Waals surface area contributed by atoms with Gasteiger partial charge in [-0.1, -0.05) is 6.07 Å². The molecule has 0 aromatic carbocycles. The Kier molecular flexibility index (Phi) is 5.54. The predicted octanol–water partition coefficient (Wildman–Crippen LogP) is 0.281. The number of sulfone groups is 1. The van der Waals surface area contributed by atoms with Crippen LogP contribution in [0.3, 0.4) is 0 Å². The highest BCUT2D eigenvalue weighted by atomic mass is 32.2. The Balaban J connectivity index is 2.39. The number of pyridine rings is 1. The number of aromatic nitrogens is 1. The zero-order valence-electron chi connectivity index (χ0n) is 9.96. The lowest BCUT2D eigenvalue weighted by Gasteiger charge is -2.14. The van der Waals surface area contributed by atoms with Gasteiger partial charge in [-0.2, -0.15) is 0 Å². The van der Waals surface area contributed by atoms with Crippen molar-refractivity contribution >= 4 is 9.84 Å². The molecule has 0 aliphatic rings. The van der Waals surface area contributed by atoms with Gasteiger partial charge in [0.15, 0.2) is 0 Å². The van der Waals surface area contributed by atoms with Crippen molar-refractivity contribution in [2.75, 3.05) is 12.0 Å². The molecule has 3 N–H and O–H groups in total. The monoisotopic (exact) mass is 257 g/mol. The molecular formula is C11H19N3O2S. The third-order valence-corrected chi connectivity index (χ3v) is 3.52. The Morgan fingerprint density at radius 2 is 2.24 bits per heavy atom. The highest BCUT2D eigenvalue weighted by molar-refractivity contribution is 7.90. The van der Waals surface area contributed by atoms with Gasteiger partial charge in [-0.05, 0) is 25.0 Å².